The van der Waals surface area contributed by atoms with Crippen molar-refractivity contribution in [3.05, 3.63) is 29.6 Å². The van der Waals surface area contributed by atoms with Gasteiger partial charge in [-0.3, -0.25) is 0 Å². The third-order valence-corrected chi connectivity index (χ3v) is 4.24. The molecule has 0 spiro atoms. The molecule has 1 N–H and O–H groups in total. The summed E-state index contributed by atoms with van der Waals surface area (Å²) >= 11 is 0. The van der Waals surface area contributed by atoms with Crippen molar-refractivity contribution in [1.29, 1.82) is 0 Å². The van der Waals surface area contributed by atoms with Gasteiger partial charge in [-0.15, -0.1) is 0 Å². The first-order chi connectivity index (χ1) is 8.72. The average molecular weight is 248 g/mol. The van der Waals surface area contributed by atoms with Gasteiger partial charge >= 0.3 is 0 Å². The number of halogens is 1. The van der Waals surface area contributed by atoms with Gasteiger partial charge in [0.15, 0.2) is 0 Å². The Kier molecular flexibility index (Phi) is 3.25. The summed E-state index contributed by atoms with van der Waals surface area (Å²) in [4.78, 5) is 2.34. The lowest BCUT2D eigenvalue weighted by atomic mass is 9.94. The zero-order chi connectivity index (χ0) is 12.5. The van der Waals surface area contributed by atoms with Gasteiger partial charge in [0.25, 0.3) is 0 Å². The lowest BCUT2D eigenvalue weighted by Crippen LogP contribution is -2.45. The molecule has 1 saturated heterocycles. The Morgan fingerprint density at radius 1 is 1.44 bits per heavy atom. The summed E-state index contributed by atoms with van der Waals surface area (Å²) < 4.78 is 13.3. The highest BCUT2D eigenvalue weighted by atomic mass is 19.1. The molecule has 2 atom stereocenters. The summed E-state index contributed by atoms with van der Waals surface area (Å²) in [6.45, 7) is 5.49. The molecule has 3 rings (SSSR count). The molecule has 0 aliphatic carbocycles. The fourth-order valence-corrected chi connectivity index (χ4v) is 3.23. The van der Waals surface area contributed by atoms with Gasteiger partial charge in [0.2, 0.25) is 0 Å². The van der Waals surface area contributed by atoms with Crippen LogP contribution >= 0.6 is 0 Å². The molecule has 0 amide bonds. The van der Waals surface area contributed by atoms with E-state index in [4.69, 9.17) is 0 Å². The van der Waals surface area contributed by atoms with Gasteiger partial charge in [-0.1, -0.05) is 13.0 Å². The maximum absolute atomic E-state index is 13.3. The molecule has 1 aromatic rings. The van der Waals surface area contributed by atoms with Crippen LogP contribution < -0.4 is 10.2 Å². The van der Waals surface area contributed by atoms with Crippen LogP contribution in [0.5, 0.6) is 0 Å². The van der Waals surface area contributed by atoms with Crippen LogP contribution in [-0.4, -0.2) is 25.7 Å². The molecule has 2 nitrogen and oxygen atoms in total. The van der Waals surface area contributed by atoms with Crippen molar-refractivity contribution in [1.82, 2.24) is 5.32 Å². The van der Waals surface area contributed by atoms with Gasteiger partial charge < -0.3 is 10.2 Å². The molecule has 0 radical (unpaired) electrons. The molecule has 18 heavy (non-hydrogen) atoms. The Morgan fingerprint density at radius 2 is 2.33 bits per heavy atom. The van der Waals surface area contributed by atoms with Gasteiger partial charge in [0, 0.05) is 24.8 Å². The van der Waals surface area contributed by atoms with Gasteiger partial charge in [-0.05, 0) is 49.4 Å². The first-order valence-electron chi connectivity index (χ1n) is 6.99. The van der Waals surface area contributed by atoms with Crippen LogP contribution in [0.15, 0.2) is 18.2 Å². The van der Waals surface area contributed by atoms with Crippen LogP contribution in [0.2, 0.25) is 0 Å². The smallest absolute Gasteiger partial charge is 0.125 e. The maximum atomic E-state index is 13.3. The molecular weight excluding hydrogens is 227 g/mol. The van der Waals surface area contributed by atoms with Crippen LogP contribution in [0.3, 0.4) is 0 Å². The summed E-state index contributed by atoms with van der Waals surface area (Å²) in [6.07, 6.45) is 3.57. The molecule has 2 aliphatic rings. The Bertz CT molecular complexity index is 433. The highest BCUT2D eigenvalue weighted by Gasteiger charge is 2.25. The van der Waals surface area contributed by atoms with Crippen molar-refractivity contribution in [3.63, 3.8) is 0 Å². The van der Waals surface area contributed by atoms with E-state index < -0.39 is 0 Å². The first kappa shape index (κ1) is 12.0. The molecule has 98 valence electrons. The summed E-state index contributed by atoms with van der Waals surface area (Å²) in [6, 6.07) is 5.75. The molecule has 2 unspecified atom stereocenters. The number of hydrogen-bond donors (Lipinski definition) is 1. The fourth-order valence-electron chi connectivity index (χ4n) is 3.23. The van der Waals surface area contributed by atoms with Gasteiger partial charge in [0.05, 0.1) is 0 Å². The Labute approximate surface area is 108 Å². The summed E-state index contributed by atoms with van der Waals surface area (Å²) in [7, 11) is 0. The number of piperidine rings is 1. The number of rotatable bonds is 2. The summed E-state index contributed by atoms with van der Waals surface area (Å²) in [5.41, 5.74) is 2.40. The average Bonchev–Trinajstić information content (AvgIpc) is 2.72. The quantitative estimate of drug-likeness (QED) is 0.865. The van der Waals surface area contributed by atoms with Crippen LogP contribution in [0.1, 0.15) is 25.3 Å². The molecule has 2 aliphatic heterocycles. The minimum atomic E-state index is -0.120. The number of nitrogens with one attached hydrogen (secondary N) is 1. The van der Waals surface area contributed by atoms with Crippen molar-refractivity contribution in [2.24, 2.45) is 5.92 Å². The zero-order valence-corrected chi connectivity index (χ0v) is 11.0. The molecule has 0 saturated carbocycles. The monoisotopic (exact) mass is 248 g/mol. The molecule has 3 heteroatoms. The normalized spacial score (nSPS) is 27.3. The molecule has 1 aromatic carbocycles. The number of fused-ring (bicyclic) bond motifs is 1. The maximum Gasteiger partial charge on any atom is 0.125 e. The lowest BCUT2D eigenvalue weighted by molar-refractivity contribution is 0.321. The van der Waals surface area contributed by atoms with E-state index in [0.717, 1.165) is 37.7 Å². The molecule has 0 bridgehead atoms. The van der Waals surface area contributed by atoms with E-state index in [1.165, 1.54) is 18.4 Å². The second-order valence-electron chi connectivity index (χ2n) is 5.75. The number of benzene rings is 1. The van der Waals surface area contributed by atoms with Crippen molar-refractivity contribution in [2.75, 3.05) is 24.5 Å². The predicted octanol–water partition coefficient (Wildman–Crippen LogP) is 2.58. The lowest BCUT2D eigenvalue weighted by Gasteiger charge is -2.32. The topological polar surface area (TPSA) is 15.3 Å². The number of hydrogen-bond acceptors (Lipinski definition) is 2. The van der Waals surface area contributed by atoms with E-state index in [0.29, 0.717) is 6.04 Å². The molecule has 1 fully saturated rings. The standard InChI is InChI=1S/C15H21FN2/c1-11-4-6-17-14(8-11)10-18-7-5-12-2-3-13(16)9-15(12)18/h2-3,9,11,14,17H,4-8,10H2,1H3. The van der Waals surface area contributed by atoms with E-state index in [1.807, 2.05) is 6.07 Å². The highest BCUT2D eigenvalue weighted by Crippen LogP contribution is 2.29. The van der Waals surface area contributed by atoms with Crippen molar-refractivity contribution in [3.8, 4) is 0 Å². The van der Waals surface area contributed by atoms with Gasteiger partial charge in [-0.2, -0.15) is 0 Å². The number of anilines is 1. The Balaban J connectivity index is 1.70. The zero-order valence-electron chi connectivity index (χ0n) is 11.0. The van der Waals surface area contributed by atoms with Crippen molar-refractivity contribution < 1.29 is 4.39 Å². The predicted molar refractivity (Wildman–Crippen MR) is 72.5 cm³/mol. The minimum absolute atomic E-state index is 0.120. The van der Waals surface area contributed by atoms with Gasteiger partial charge in [-0.25, -0.2) is 4.39 Å². The Morgan fingerprint density at radius 3 is 3.17 bits per heavy atom. The van der Waals surface area contributed by atoms with Crippen LogP contribution in [0.25, 0.3) is 0 Å². The summed E-state index contributed by atoms with van der Waals surface area (Å²) in [5, 5.41) is 3.59. The third-order valence-electron chi connectivity index (χ3n) is 4.24. The van der Waals surface area contributed by atoms with E-state index in [2.05, 4.69) is 17.1 Å². The van der Waals surface area contributed by atoms with Crippen LogP contribution in [0, 0.1) is 11.7 Å². The van der Waals surface area contributed by atoms with Crippen molar-refractivity contribution in [2.45, 2.75) is 32.2 Å². The minimum Gasteiger partial charge on any atom is -0.369 e. The Hall–Kier alpha value is -1.09. The fraction of sp³-hybridized carbons (Fsp3) is 0.600. The summed E-state index contributed by atoms with van der Waals surface area (Å²) in [5.74, 6) is 0.691. The van der Waals surface area contributed by atoms with Crippen molar-refractivity contribution >= 4 is 5.69 Å². The second kappa shape index (κ2) is 4.88. The first-order valence-corrected chi connectivity index (χ1v) is 6.99. The number of nitrogens with zero attached hydrogens (tertiary/aromatic N) is 1. The van der Waals surface area contributed by atoms with E-state index in [-0.39, 0.29) is 5.82 Å². The molecule has 2 heterocycles. The molecule has 0 aromatic heterocycles. The highest BCUT2D eigenvalue weighted by molar-refractivity contribution is 5.58. The SMILES string of the molecule is CC1CCNC(CN2CCc3ccc(F)cc32)C1. The largest absolute Gasteiger partial charge is 0.369 e. The van der Waals surface area contributed by atoms with E-state index in [1.54, 1.807) is 12.1 Å². The molecular formula is C15H21FN2. The third kappa shape index (κ3) is 2.37. The van der Waals surface area contributed by atoms with Crippen LogP contribution in [-0.2, 0) is 6.42 Å². The second-order valence-corrected chi connectivity index (χ2v) is 5.75. The van der Waals surface area contributed by atoms with Crippen LogP contribution in [0.4, 0.5) is 10.1 Å². The van der Waals surface area contributed by atoms with Gasteiger partial charge in [0.1, 0.15) is 5.82 Å². The van der Waals surface area contributed by atoms with E-state index in [9.17, 15) is 4.39 Å². The van der Waals surface area contributed by atoms with E-state index >= 15 is 0 Å².